The van der Waals surface area contributed by atoms with Crippen LogP contribution in [0.25, 0.3) is 0 Å². The van der Waals surface area contributed by atoms with E-state index < -0.39 is 0 Å². The first-order valence-electron chi connectivity index (χ1n) is 9.77. The molecule has 0 spiro atoms. The smallest absolute Gasteiger partial charge is 0.175 e. The maximum absolute atomic E-state index is 6.25. The van der Waals surface area contributed by atoms with Crippen molar-refractivity contribution in [2.24, 2.45) is 0 Å². The third-order valence-corrected chi connectivity index (χ3v) is 5.47. The minimum atomic E-state index is 0. The van der Waals surface area contributed by atoms with Crippen LogP contribution in [0.4, 0.5) is 0 Å². The highest BCUT2D eigenvalue weighted by Crippen LogP contribution is 2.38. The minimum absolute atomic E-state index is 0. The Labute approximate surface area is 199 Å². The minimum Gasteiger partial charge on any atom is -0.490 e. The van der Waals surface area contributed by atoms with Crippen LogP contribution in [0.5, 0.6) is 11.5 Å². The second kappa shape index (κ2) is 14.4. The molecule has 29 heavy (non-hydrogen) atoms. The van der Waals surface area contributed by atoms with Gasteiger partial charge in [-0.05, 0) is 65.6 Å². The molecule has 0 amide bonds. The molecular weight excluding hydrogens is 497 g/mol. The highest BCUT2D eigenvalue weighted by atomic mass is 79.9. The van der Waals surface area contributed by atoms with Gasteiger partial charge in [-0.1, -0.05) is 55.5 Å². The van der Waals surface area contributed by atoms with Crippen molar-refractivity contribution in [1.29, 1.82) is 0 Å². The molecule has 0 saturated heterocycles. The van der Waals surface area contributed by atoms with E-state index in [2.05, 4.69) is 34.2 Å². The fourth-order valence-electron chi connectivity index (χ4n) is 2.82. The summed E-state index contributed by atoms with van der Waals surface area (Å²) in [5, 5.41) is 4.70. The Hall–Kier alpha value is -0.650. The summed E-state index contributed by atoms with van der Waals surface area (Å²) < 4.78 is 12.7. The molecule has 162 valence electrons. The molecule has 0 bridgehead atoms. The fourth-order valence-corrected chi connectivity index (χ4v) is 3.89. The van der Waals surface area contributed by atoms with Crippen LogP contribution in [0.3, 0.4) is 0 Å². The maximum Gasteiger partial charge on any atom is 0.175 e. The average molecular weight is 526 g/mol. The van der Waals surface area contributed by atoms with Gasteiger partial charge in [-0.15, -0.1) is 12.4 Å². The summed E-state index contributed by atoms with van der Waals surface area (Å²) in [5.41, 5.74) is 2.03. The zero-order chi connectivity index (χ0) is 20.4. The average Bonchev–Trinajstić information content (AvgIpc) is 2.65. The number of unbranched alkanes of at least 4 members (excludes halogenated alkanes) is 3. The summed E-state index contributed by atoms with van der Waals surface area (Å²) >= 11 is 15.8. The first kappa shape index (κ1) is 26.4. The van der Waals surface area contributed by atoms with Crippen molar-refractivity contribution in [2.75, 3.05) is 13.2 Å². The Kier molecular flexibility index (Phi) is 13.1. The fraction of sp³-hybridized carbons (Fsp3) is 0.455. The number of rotatable bonds is 12. The zero-order valence-corrected chi connectivity index (χ0v) is 20.8. The van der Waals surface area contributed by atoms with Gasteiger partial charge in [-0.3, -0.25) is 0 Å². The Balaban J connectivity index is 0.00000420. The molecule has 0 heterocycles. The van der Waals surface area contributed by atoms with Crippen molar-refractivity contribution in [3.05, 3.63) is 56.0 Å². The van der Waals surface area contributed by atoms with Crippen LogP contribution in [-0.4, -0.2) is 13.2 Å². The molecule has 2 aromatic carbocycles. The first-order valence-corrected chi connectivity index (χ1v) is 11.3. The van der Waals surface area contributed by atoms with E-state index >= 15 is 0 Å². The lowest BCUT2D eigenvalue weighted by Gasteiger charge is -2.16. The van der Waals surface area contributed by atoms with Crippen molar-refractivity contribution in [2.45, 2.75) is 52.7 Å². The molecular formula is C22H29BrCl3NO2. The van der Waals surface area contributed by atoms with Gasteiger partial charge < -0.3 is 14.8 Å². The van der Waals surface area contributed by atoms with Gasteiger partial charge in [0.15, 0.2) is 11.5 Å². The quantitative estimate of drug-likeness (QED) is 0.287. The van der Waals surface area contributed by atoms with Gasteiger partial charge in [-0.2, -0.15) is 0 Å². The van der Waals surface area contributed by atoms with Crippen LogP contribution >= 0.6 is 51.5 Å². The van der Waals surface area contributed by atoms with E-state index in [0.717, 1.165) is 34.4 Å². The summed E-state index contributed by atoms with van der Waals surface area (Å²) in [7, 11) is 0. The van der Waals surface area contributed by atoms with Crippen molar-refractivity contribution >= 4 is 51.5 Å². The van der Waals surface area contributed by atoms with E-state index in [1.165, 1.54) is 25.7 Å². The summed E-state index contributed by atoms with van der Waals surface area (Å²) in [5.74, 6) is 1.41. The van der Waals surface area contributed by atoms with Crippen molar-refractivity contribution in [3.8, 4) is 11.5 Å². The van der Waals surface area contributed by atoms with Crippen molar-refractivity contribution < 1.29 is 9.47 Å². The first-order chi connectivity index (χ1) is 13.5. The lowest BCUT2D eigenvalue weighted by molar-refractivity contribution is 0.267. The van der Waals surface area contributed by atoms with Gasteiger partial charge in [0.05, 0.1) is 11.1 Å². The summed E-state index contributed by atoms with van der Waals surface area (Å²) in [6.07, 6.45) is 5.03. The summed E-state index contributed by atoms with van der Waals surface area (Å²) in [6.45, 7) is 6.92. The molecule has 0 unspecified atom stereocenters. The van der Waals surface area contributed by atoms with Gasteiger partial charge in [0.25, 0.3) is 0 Å². The number of nitrogens with one attached hydrogen (secondary N) is 1. The number of hydrogen-bond acceptors (Lipinski definition) is 3. The van der Waals surface area contributed by atoms with Crippen LogP contribution in [0.15, 0.2) is 34.8 Å². The third kappa shape index (κ3) is 8.94. The number of halogens is 4. The second-order valence-electron chi connectivity index (χ2n) is 6.60. The molecule has 2 rings (SSSR count). The highest BCUT2D eigenvalue weighted by molar-refractivity contribution is 9.10. The molecule has 7 heteroatoms. The normalized spacial score (nSPS) is 10.5. The van der Waals surface area contributed by atoms with Gasteiger partial charge in [0.2, 0.25) is 0 Å². The number of hydrogen-bond donors (Lipinski definition) is 1. The molecule has 0 fully saturated rings. The summed E-state index contributed by atoms with van der Waals surface area (Å²) in [4.78, 5) is 0. The van der Waals surface area contributed by atoms with E-state index in [9.17, 15) is 0 Å². The molecule has 3 nitrogen and oxygen atoms in total. The maximum atomic E-state index is 6.25. The molecule has 0 radical (unpaired) electrons. The highest BCUT2D eigenvalue weighted by Gasteiger charge is 2.13. The van der Waals surface area contributed by atoms with E-state index in [1.807, 2.05) is 19.1 Å². The van der Waals surface area contributed by atoms with Crippen LogP contribution in [0, 0.1) is 0 Å². The molecule has 0 aliphatic carbocycles. The van der Waals surface area contributed by atoms with Crippen LogP contribution in [0.2, 0.25) is 10.0 Å². The molecule has 2 aromatic rings. The van der Waals surface area contributed by atoms with Gasteiger partial charge in [0.1, 0.15) is 6.61 Å². The lowest BCUT2D eigenvalue weighted by atomic mass is 10.1. The van der Waals surface area contributed by atoms with E-state index in [4.69, 9.17) is 32.7 Å². The Morgan fingerprint density at radius 3 is 2.48 bits per heavy atom. The predicted molar refractivity (Wildman–Crippen MR) is 129 cm³/mol. The van der Waals surface area contributed by atoms with Crippen LogP contribution in [-0.2, 0) is 13.2 Å². The third-order valence-electron chi connectivity index (χ3n) is 4.29. The monoisotopic (exact) mass is 523 g/mol. The lowest BCUT2D eigenvalue weighted by Crippen LogP contribution is -2.15. The number of ether oxygens (including phenoxy) is 2. The molecule has 0 aliphatic heterocycles. The zero-order valence-electron chi connectivity index (χ0n) is 16.9. The van der Waals surface area contributed by atoms with Crippen molar-refractivity contribution in [3.63, 3.8) is 0 Å². The molecule has 0 aliphatic rings. The van der Waals surface area contributed by atoms with Crippen LogP contribution < -0.4 is 14.8 Å². The Bertz CT molecular complexity index is 759. The van der Waals surface area contributed by atoms with E-state index in [-0.39, 0.29) is 12.4 Å². The molecule has 0 saturated carbocycles. The van der Waals surface area contributed by atoms with Gasteiger partial charge in [-0.25, -0.2) is 0 Å². The summed E-state index contributed by atoms with van der Waals surface area (Å²) in [6, 6.07) is 9.50. The Morgan fingerprint density at radius 2 is 1.79 bits per heavy atom. The SMILES string of the molecule is CCCCCCNCc1cc(Br)c(OCc2ccc(Cl)cc2Cl)c(OCC)c1.Cl. The number of benzene rings is 2. The predicted octanol–water partition coefficient (Wildman–Crippen LogP) is 7.83. The van der Waals surface area contributed by atoms with E-state index in [0.29, 0.717) is 29.0 Å². The van der Waals surface area contributed by atoms with Crippen molar-refractivity contribution in [1.82, 2.24) is 5.32 Å². The Morgan fingerprint density at radius 1 is 1.00 bits per heavy atom. The van der Waals surface area contributed by atoms with E-state index in [1.54, 1.807) is 12.1 Å². The second-order valence-corrected chi connectivity index (χ2v) is 8.30. The topological polar surface area (TPSA) is 30.5 Å². The molecule has 0 aromatic heterocycles. The van der Waals surface area contributed by atoms with Gasteiger partial charge >= 0.3 is 0 Å². The van der Waals surface area contributed by atoms with Gasteiger partial charge in [0, 0.05) is 22.2 Å². The van der Waals surface area contributed by atoms with Crippen LogP contribution in [0.1, 0.15) is 50.7 Å². The largest absolute Gasteiger partial charge is 0.490 e. The standard InChI is InChI=1S/C22H28BrCl2NO2.ClH/c1-3-5-6-7-10-26-14-16-11-19(23)22(21(12-16)27-4-2)28-15-17-8-9-18(24)13-20(17)25;/h8-9,11-13,26H,3-7,10,14-15H2,1-2H3;1H. The molecule has 0 atom stereocenters. The molecule has 1 N–H and O–H groups in total.